The first-order valence-electron chi connectivity index (χ1n) is 10.7. The lowest BCUT2D eigenvalue weighted by Crippen LogP contribution is -2.34. The summed E-state index contributed by atoms with van der Waals surface area (Å²) in [7, 11) is 1.66. The van der Waals surface area contributed by atoms with E-state index >= 15 is 0 Å². The normalized spacial score (nSPS) is 16.8. The zero-order valence-electron chi connectivity index (χ0n) is 18.0. The van der Waals surface area contributed by atoms with Crippen LogP contribution in [0.3, 0.4) is 0 Å². The SMILES string of the molecule is CCOc1ccc(CN2CCC[C@@H](c3cc(=O)[nH]c(-c4cccnc4)n3)C2)cc1OC. The minimum Gasteiger partial charge on any atom is -0.493 e. The van der Waals surface area contributed by atoms with Crippen LogP contribution in [0.5, 0.6) is 11.5 Å². The van der Waals surface area contributed by atoms with Crippen LogP contribution >= 0.6 is 0 Å². The molecule has 1 N–H and O–H groups in total. The largest absolute Gasteiger partial charge is 0.493 e. The number of hydrogen-bond acceptors (Lipinski definition) is 6. The van der Waals surface area contributed by atoms with Crippen LogP contribution in [-0.2, 0) is 6.54 Å². The van der Waals surface area contributed by atoms with Crippen LogP contribution < -0.4 is 15.0 Å². The van der Waals surface area contributed by atoms with Gasteiger partial charge in [0.25, 0.3) is 5.56 Å². The number of likely N-dealkylation sites (tertiary alicyclic amines) is 1. The lowest BCUT2D eigenvalue weighted by atomic mass is 9.94. The fourth-order valence-electron chi connectivity index (χ4n) is 4.11. The molecule has 4 rings (SSSR count). The molecular formula is C24H28N4O3. The molecule has 1 aromatic carbocycles. The highest BCUT2D eigenvalue weighted by Crippen LogP contribution is 2.31. The van der Waals surface area contributed by atoms with Crippen LogP contribution in [0.15, 0.2) is 53.6 Å². The third-order valence-corrected chi connectivity index (χ3v) is 5.55. The topological polar surface area (TPSA) is 80.3 Å². The molecular weight excluding hydrogens is 392 g/mol. The van der Waals surface area contributed by atoms with Crippen molar-refractivity contribution in [3.8, 4) is 22.9 Å². The molecule has 1 aliphatic heterocycles. The number of methoxy groups -OCH3 is 1. The summed E-state index contributed by atoms with van der Waals surface area (Å²) in [6.07, 6.45) is 5.51. The highest BCUT2D eigenvalue weighted by molar-refractivity contribution is 5.52. The van der Waals surface area contributed by atoms with E-state index in [1.54, 1.807) is 25.6 Å². The molecule has 0 unspecified atom stereocenters. The van der Waals surface area contributed by atoms with Crippen LogP contribution in [0.25, 0.3) is 11.4 Å². The summed E-state index contributed by atoms with van der Waals surface area (Å²) >= 11 is 0. The van der Waals surface area contributed by atoms with Crippen molar-refractivity contribution in [3.63, 3.8) is 0 Å². The minimum atomic E-state index is -0.128. The van der Waals surface area contributed by atoms with Gasteiger partial charge >= 0.3 is 0 Å². The fourth-order valence-corrected chi connectivity index (χ4v) is 4.11. The number of nitrogens with zero attached hydrogens (tertiary/aromatic N) is 3. The molecule has 0 aliphatic carbocycles. The summed E-state index contributed by atoms with van der Waals surface area (Å²) in [5.74, 6) is 2.31. The Morgan fingerprint density at radius 2 is 2.13 bits per heavy atom. The third kappa shape index (κ3) is 5.11. The smallest absolute Gasteiger partial charge is 0.251 e. The average molecular weight is 421 g/mol. The molecule has 162 valence electrons. The number of piperidine rings is 1. The standard InChI is InChI=1S/C24H28N4O3/c1-3-31-21-9-8-17(12-22(21)30-2)15-28-11-5-7-19(16-28)20-13-23(29)27-24(26-20)18-6-4-10-25-14-18/h4,6,8-10,12-14,19H,3,5,7,11,15-16H2,1-2H3,(H,26,27,29)/t19-/m1/s1. The number of aromatic amines is 1. The van der Waals surface area contributed by atoms with Crippen LogP contribution in [0, 0.1) is 0 Å². The second-order valence-electron chi connectivity index (χ2n) is 7.75. The summed E-state index contributed by atoms with van der Waals surface area (Å²) in [5.41, 5.74) is 2.71. The van der Waals surface area contributed by atoms with E-state index in [1.165, 1.54) is 5.56 Å². The van der Waals surface area contributed by atoms with Crippen molar-refractivity contribution in [1.82, 2.24) is 19.9 Å². The molecule has 3 aromatic rings. The van der Waals surface area contributed by atoms with Crippen molar-refractivity contribution in [2.45, 2.75) is 32.2 Å². The van der Waals surface area contributed by atoms with Crippen molar-refractivity contribution in [2.75, 3.05) is 26.8 Å². The molecule has 7 heteroatoms. The molecule has 0 radical (unpaired) electrons. The van der Waals surface area contributed by atoms with Gasteiger partial charge in [0.05, 0.1) is 19.4 Å². The number of hydrogen-bond donors (Lipinski definition) is 1. The molecule has 1 fully saturated rings. The third-order valence-electron chi connectivity index (χ3n) is 5.55. The van der Waals surface area contributed by atoms with Gasteiger partial charge in [-0.05, 0) is 56.1 Å². The molecule has 3 heterocycles. The predicted molar refractivity (Wildman–Crippen MR) is 120 cm³/mol. The van der Waals surface area contributed by atoms with E-state index < -0.39 is 0 Å². The quantitative estimate of drug-likeness (QED) is 0.629. The van der Waals surface area contributed by atoms with Gasteiger partial charge in [0.15, 0.2) is 11.5 Å². The second kappa shape index (κ2) is 9.75. The summed E-state index contributed by atoms with van der Waals surface area (Å²) in [5, 5.41) is 0. The Morgan fingerprint density at radius 1 is 1.23 bits per heavy atom. The van der Waals surface area contributed by atoms with Gasteiger partial charge in [-0.1, -0.05) is 6.07 Å². The Bertz CT molecular complexity index is 1070. The minimum absolute atomic E-state index is 0.128. The van der Waals surface area contributed by atoms with E-state index in [0.717, 1.165) is 55.2 Å². The van der Waals surface area contributed by atoms with E-state index in [-0.39, 0.29) is 11.5 Å². The van der Waals surface area contributed by atoms with E-state index in [2.05, 4.69) is 20.9 Å². The number of nitrogens with one attached hydrogen (secondary N) is 1. The highest BCUT2D eigenvalue weighted by atomic mass is 16.5. The highest BCUT2D eigenvalue weighted by Gasteiger charge is 2.24. The van der Waals surface area contributed by atoms with Gasteiger partial charge in [-0.25, -0.2) is 4.98 Å². The number of ether oxygens (including phenoxy) is 2. The number of aromatic nitrogens is 3. The van der Waals surface area contributed by atoms with Gasteiger partial charge in [0.1, 0.15) is 5.82 Å². The van der Waals surface area contributed by atoms with E-state index in [0.29, 0.717) is 12.4 Å². The maximum atomic E-state index is 12.3. The summed E-state index contributed by atoms with van der Waals surface area (Å²) < 4.78 is 11.1. The van der Waals surface area contributed by atoms with Crippen molar-refractivity contribution in [1.29, 1.82) is 0 Å². The van der Waals surface area contributed by atoms with E-state index in [4.69, 9.17) is 14.5 Å². The summed E-state index contributed by atoms with van der Waals surface area (Å²) in [6.45, 7) is 5.26. The van der Waals surface area contributed by atoms with Gasteiger partial charge in [0.2, 0.25) is 0 Å². The average Bonchev–Trinajstić information content (AvgIpc) is 2.80. The Morgan fingerprint density at radius 3 is 2.90 bits per heavy atom. The maximum Gasteiger partial charge on any atom is 0.251 e. The number of benzene rings is 1. The van der Waals surface area contributed by atoms with Crippen molar-refractivity contribution >= 4 is 0 Å². The lowest BCUT2D eigenvalue weighted by molar-refractivity contribution is 0.198. The zero-order chi connectivity index (χ0) is 21.6. The Kier molecular flexibility index (Phi) is 6.62. The van der Waals surface area contributed by atoms with Crippen LogP contribution in [0.2, 0.25) is 0 Å². The summed E-state index contributed by atoms with van der Waals surface area (Å²) in [6, 6.07) is 11.5. The molecule has 0 bridgehead atoms. The van der Waals surface area contributed by atoms with Crippen LogP contribution in [0.1, 0.15) is 36.9 Å². The first-order chi connectivity index (χ1) is 15.2. The summed E-state index contributed by atoms with van der Waals surface area (Å²) in [4.78, 5) is 26.5. The van der Waals surface area contributed by atoms with Gasteiger partial charge in [0, 0.05) is 43.0 Å². The first-order valence-corrected chi connectivity index (χ1v) is 10.7. The Labute approximate surface area is 182 Å². The van der Waals surface area contributed by atoms with Gasteiger partial charge in [-0.3, -0.25) is 14.7 Å². The first kappa shape index (κ1) is 21.1. The monoisotopic (exact) mass is 420 g/mol. The molecule has 0 spiro atoms. The number of pyridine rings is 1. The number of rotatable bonds is 7. The Balaban J connectivity index is 1.50. The van der Waals surface area contributed by atoms with Crippen molar-refractivity contribution < 1.29 is 9.47 Å². The van der Waals surface area contributed by atoms with Gasteiger partial charge in [-0.2, -0.15) is 0 Å². The molecule has 0 saturated carbocycles. The van der Waals surface area contributed by atoms with Gasteiger partial charge < -0.3 is 14.5 Å². The maximum absolute atomic E-state index is 12.3. The second-order valence-corrected chi connectivity index (χ2v) is 7.75. The van der Waals surface area contributed by atoms with Crippen molar-refractivity contribution in [2.24, 2.45) is 0 Å². The predicted octanol–water partition coefficient (Wildman–Crippen LogP) is 3.62. The van der Waals surface area contributed by atoms with E-state index in [1.807, 2.05) is 31.2 Å². The molecule has 2 aromatic heterocycles. The van der Waals surface area contributed by atoms with Crippen LogP contribution in [-0.4, -0.2) is 46.7 Å². The number of H-pyrrole nitrogens is 1. The Hall–Kier alpha value is -3.19. The molecule has 1 saturated heterocycles. The zero-order valence-corrected chi connectivity index (χ0v) is 18.0. The van der Waals surface area contributed by atoms with Crippen LogP contribution in [0.4, 0.5) is 0 Å². The molecule has 1 atom stereocenters. The van der Waals surface area contributed by atoms with Crippen molar-refractivity contribution in [3.05, 3.63) is 70.4 Å². The molecule has 7 nitrogen and oxygen atoms in total. The van der Waals surface area contributed by atoms with E-state index in [9.17, 15) is 4.79 Å². The molecule has 0 amide bonds. The fraction of sp³-hybridized carbons (Fsp3) is 0.375. The lowest BCUT2D eigenvalue weighted by Gasteiger charge is -2.32. The van der Waals surface area contributed by atoms with Gasteiger partial charge in [-0.15, -0.1) is 0 Å². The molecule has 31 heavy (non-hydrogen) atoms. The molecule has 1 aliphatic rings.